The Kier molecular flexibility index (Phi) is 1.97. The molecule has 3 saturated heterocycles. The molecule has 0 amide bonds. The number of hydrogen-bond acceptors (Lipinski definition) is 1. The van der Waals surface area contributed by atoms with Crippen LogP contribution in [0.4, 0.5) is 0 Å². The van der Waals surface area contributed by atoms with Crippen molar-refractivity contribution in [2.45, 2.75) is 33.6 Å². The largest absolute Gasteiger partial charge is 0.217 e. The minimum atomic E-state index is 0.360. The fourth-order valence-corrected chi connectivity index (χ4v) is 3.15. The first kappa shape index (κ1) is 9.47. The first-order valence-corrected chi connectivity index (χ1v) is 5.50. The molecule has 1 atom stereocenters. The van der Waals surface area contributed by atoms with Gasteiger partial charge in [0.2, 0.25) is 0 Å². The third-order valence-electron chi connectivity index (χ3n) is 4.05. The summed E-state index contributed by atoms with van der Waals surface area (Å²) in [5.74, 6) is 1.60. The lowest BCUT2D eigenvalue weighted by atomic mass is 9.66. The second-order valence-corrected chi connectivity index (χ2v) is 6.03. The third-order valence-corrected chi connectivity index (χ3v) is 4.05. The molecule has 76 valence electrons. The smallest absolute Gasteiger partial charge is 0.112 e. The number of rotatable bonds is 0. The number of piperidine rings is 3. The minimum Gasteiger partial charge on any atom is -0.217 e. The van der Waals surface area contributed by atoms with E-state index in [-0.39, 0.29) is 0 Å². The Labute approximate surface area is 81.1 Å². The van der Waals surface area contributed by atoms with Gasteiger partial charge in [0.05, 0.1) is 0 Å². The van der Waals surface area contributed by atoms with E-state index in [1.165, 1.54) is 12.8 Å². The van der Waals surface area contributed by atoms with Gasteiger partial charge in [0.15, 0.2) is 0 Å². The highest BCUT2D eigenvalue weighted by molar-refractivity contribution is 4.85. The molecule has 0 aromatic rings. The van der Waals surface area contributed by atoms with Gasteiger partial charge in [-0.25, -0.2) is 5.21 Å². The molecular weight excluding hydrogens is 162 g/mol. The number of nitrogens with zero attached hydrogens (tertiary/aromatic N) is 1. The van der Waals surface area contributed by atoms with E-state index < -0.39 is 0 Å². The molecule has 0 aliphatic carbocycles. The number of hydrogen-bond donors (Lipinski definition) is 1. The number of quaternary nitrogens is 1. The molecule has 0 aromatic carbocycles. The predicted octanol–water partition coefficient (Wildman–Crippen LogP) is 2.28. The molecule has 0 saturated carbocycles. The average molecular weight is 184 g/mol. The van der Waals surface area contributed by atoms with Gasteiger partial charge in [-0.2, -0.15) is 4.65 Å². The van der Waals surface area contributed by atoms with Crippen LogP contribution in [0.5, 0.6) is 0 Å². The Morgan fingerprint density at radius 3 is 2.00 bits per heavy atom. The molecule has 3 aliphatic heterocycles. The molecule has 2 heteroatoms. The second-order valence-electron chi connectivity index (χ2n) is 6.03. The molecule has 0 aromatic heterocycles. The molecule has 0 radical (unpaired) electrons. The fraction of sp³-hybridized carbons (Fsp3) is 1.00. The van der Waals surface area contributed by atoms with Crippen molar-refractivity contribution >= 4 is 0 Å². The van der Waals surface area contributed by atoms with Crippen molar-refractivity contribution in [1.82, 2.24) is 0 Å². The number of fused-ring (bicyclic) bond motifs is 3. The average Bonchev–Trinajstić information content (AvgIpc) is 2.03. The molecule has 0 spiro atoms. The monoisotopic (exact) mass is 184 g/mol. The standard InChI is InChI=1S/C11H22NO/c1-11(2,3)10-8-12(13)6-4-9(10)5-7-12/h9-10,13H,4-8H2,1-3H3/q+1. The van der Waals surface area contributed by atoms with Crippen LogP contribution in [0.1, 0.15) is 33.6 Å². The van der Waals surface area contributed by atoms with Crippen LogP contribution in [0.2, 0.25) is 0 Å². The molecule has 1 N–H and O–H groups in total. The van der Waals surface area contributed by atoms with Crippen molar-refractivity contribution in [3.05, 3.63) is 0 Å². The van der Waals surface area contributed by atoms with E-state index in [0.29, 0.717) is 10.1 Å². The summed E-state index contributed by atoms with van der Waals surface area (Å²) in [4.78, 5) is 0. The molecule has 2 nitrogen and oxygen atoms in total. The zero-order valence-corrected chi connectivity index (χ0v) is 9.08. The highest BCUT2D eigenvalue weighted by Crippen LogP contribution is 2.44. The van der Waals surface area contributed by atoms with Crippen molar-refractivity contribution in [1.29, 1.82) is 0 Å². The topological polar surface area (TPSA) is 20.2 Å². The van der Waals surface area contributed by atoms with Gasteiger partial charge < -0.3 is 0 Å². The maximum atomic E-state index is 10.2. The van der Waals surface area contributed by atoms with Gasteiger partial charge in [-0.05, 0) is 11.3 Å². The maximum Gasteiger partial charge on any atom is 0.112 e. The normalized spacial score (nSPS) is 45.2. The lowest BCUT2D eigenvalue weighted by Crippen LogP contribution is -2.61. The first-order chi connectivity index (χ1) is 5.91. The fourth-order valence-electron chi connectivity index (χ4n) is 3.15. The highest BCUT2D eigenvalue weighted by atomic mass is 16.5. The predicted molar refractivity (Wildman–Crippen MR) is 52.3 cm³/mol. The molecule has 2 bridgehead atoms. The van der Waals surface area contributed by atoms with Gasteiger partial charge in [0, 0.05) is 18.8 Å². The Bertz CT molecular complexity index is 199. The lowest BCUT2D eigenvalue weighted by Gasteiger charge is -2.51. The van der Waals surface area contributed by atoms with Crippen LogP contribution in [0.3, 0.4) is 0 Å². The Morgan fingerprint density at radius 1 is 1.15 bits per heavy atom. The van der Waals surface area contributed by atoms with E-state index in [1.807, 2.05) is 0 Å². The van der Waals surface area contributed by atoms with Crippen LogP contribution >= 0.6 is 0 Å². The summed E-state index contributed by atoms with van der Waals surface area (Å²) in [7, 11) is 0. The van der Waals surface area contributed by atoms with Crippen LogP contribution in [0.25, 0.3) is 0 Å². The van der Waals surface area contributed by atoms with Gasteiger partial charge in [-0.15, -0.1) is 0 Å². The summed E-state index contributed by atoms with van der Waals surface area (Å²) < 4.78 is 0.360. The van der Waals surface area contributed by atoms with E-state index in [1.54, 1.807) is 0 Å². The van der Waals surface area contributed by atoms with E-state index in [0.717, 1.165) is 31.5 Å². The summed E-state index contributed by atoms with van der Waals surface area (Å²) in [6.07, 6.45) is 2.47. The van der Waals surface area contributed by atoms with Crippen molar-refractivity contribution in [2.75, 3.05) is 19.6 Å². The maximum absolute atomic E-state index is 10.2. The van der Waals surface area contributed by atoms with E-state index in [4.69, 9.17) is 0 Å². The zero-order chi connectivity index (χ0) is 9.69. The molecule has 13 heavy (non-hydrogen) atoms. The van der Waals surface area contributed by atoms with Crippen LogP contribution in [-0.4, -0.2) is 29.5 Å². The van der Waals surface area contributed by atoms with Crippen molar-refractivity contribution in [3.63, 3.8) is 0 Å². The lowest BCUT2D eigenvalue weighted by molar-refractivity contribution is -1.11. The van der Waals surface area contributed by atoms with Crippen LogP contribution < -0.4 is 0 Å². The summed E-state index contributed by atoms with van der Waals surface area (Å²) >= 11 is 0. The minimum absolute atomic E-state index is 0.360. The van der Waals surface area contributed by atoms with Gasteiger partial charge >= 0.3 is 0 Å². The van der Waals surface area contributed by atoms with Crippen LogP contribution in [0.15, 0.2) is 0 Å². The second kappa shape index (κ2) is 2.71. The van der Waals surface area contributed by atoms with Gasteiger partial charge in [-0.1, -0.05) is 20.8 Å². The van der Waals surface area contributed by atoms with Gasteiger partial charge in [-0.3, -0.25) is 0 Å². The van der Waals surface area contributed by atoms with Crippen molar-refractivity contribution < 1.29 is 9.85 Å². The van der Waals surface area contributed by atoms with E-state index >= 15 is 0 Å². The summed E-state index contributed by atoms with van der Waals surface area (Å²) in [5.41, 5.74) is 0.373. The molecule has 3 aliphatic rings. The molecule has 3 rings (SSSR count). The summed E-state index contributed by atoms with van der Waals surface area (Å²) in [6.45, 7) is 9.92. The molecular formula is C11H22NO+. The van der Waals surface area contributed by atoms with Gasteiger partial charge in [0.25, 0.3) is 0 Å². The summed E-state index contributed by atoms with van der Waals surface area (Å²) in [6, 6.07) is 0. The zero-order valence-electron chi connectivity index (χ0n) is 9.08. The Morgan fingerprint density at radius 2 is 1.69 bits per heavy atom. The van der Waals surface area contributed by atoms with Crippen molar-refractivity contribution in [2.24, 2.45) is 17.3 Å². The highest BCUT2D eigenvalue weighted by Gasteiger charge is 2.49. The van der Waals surface area contributed by atoms with Crippen LogP contribution in [-0.2, 0) is 0 Å². The van der Waals surface area contributed by atoms with E-state index in [9.17, 15) is 5.21 Å². The third kappa shape index (κ3) is 1.62. The van der Waals surface area contributed by atoms with Gasteiger partial charge in [0.1, 0.15) is 19.6 Å². The molecule has 1 unspecified atom stereocenters. The quantitative estimate of drug-likeness (QED) is 0.573. The molecule has 3 heterocycles. The van der Waals surface area contributed by atoms with E-state index in [2.05, 4.69) is 20.8 Å². The molecule has 3 fully saturated rings. The Hall–Kier alpha value is -0.0800. The van der Waals surface area contributed by atoms with Crippen LogP contribution in [0, 0.1) is 17.3 Å². The van der Waals surface area contributed by atoms with Crippen molar-refractivity contribution in [3.8, 4) is 0 Å². The summed E-state index contributed by atoms with van der Waals surface area (Å²) in [5, 5.41) is 10.2. The number of hydroxylamine groups is 3. The Balaban J connectivity index is 2.16. The first-order valence-electron chi connectivity index (χ1n) is 5.50. The SMILES string of the molecule is CC(C)(C)C1C[N+]2(O)CCC1CC2.